The van der Waals surface area contributed by atoms with Gasteiger partial charge in [0.25, 0.3) is 0 Å². The molecule has 1 amide bonds. The molecule has 8 heteroatoms. The molecule has 1 aliphatic rings. The van der Waals surface area contributed by atoms with Gasteiger partial charge in [0.1, 0.15) is 0 Å². The van der Waals surface area contributed by atoms with E-state index in [1.807, 2.05) is 55.1 Å². The fraction of sp³-hybridized carbons (Fsp3) is 0.316. The van der Waals surface area contributed by atoms with E-state index in [-0.39, 0.29) is 11.2 Å². The first-order valence-corrected chi connectivity index (χ1v) is 9.70. The number of rotatable bonds is 5. The number of carbonyl (C=O) groups is 1. The topological polar surface area (TPSA) is 76.8 Å². The average Bonchev–Trinajstić information content (AvgIpc) is 3.09. The van der Waals surface area contributed by atoms with Crippen LogP contribution in [0.2, 0.25) is 0 Å². The van der Waals surface area contributed by atoms with Crippen LogP contribution in [-0.4, -0.2) is 54.3 Å². The van der Waals surface area contributed by atoms with Crippen LogP contribution in [0.4, 0.5) is 0 Å². The highest BCUT2D eigenvalue weighted by Gasteiger charge is 2.34. The Morgan fingerprint density at radius 3 is 2.74 bits per heavy atom. The zero-order valence-electron chi connectivity index (χ0n) is 15.2. The molecular weight excluding hydrogens is 360 g/mol. The Kier molecular flexibility index (Phi) is 4.89. The van der Waals surface area contributed by atoms with E-state index in [4.69, 9.17) is 0 Å². The largest absolute Gasteiger partial charge is 0.340 e. The highest BCUT2D eigenvalue weighted by molar-refractivity contribution is 8.00. The summed E-state index contributed by atoms with van der Waals surface area (Å²) in [6.45, 7) is 5.42. The molecule has 1 fully saturated rings. The number of pyridine rings is 1. The quantitative estimate of drug-likeness (QED) is 0.633. The van der Waals surface area contributed by atoms with Gasteiger partial charge in [0.15, 0.2) is 0 Å². The Morgan fingerprint density at radius 1 is 1.22 bits per heavy atom. The van der Waals surface area contributed by atoms with Crippen LogP contribution in [0.3, 0.4) is 0 Å². The van der Waals surface area contributed by atoms with E-state index < -0.39 is 0 Å². The first-order chi connectivity index (χ1) is 13.1. The molecule has 0 aliphatic carbocycles. The van der Waals surface area contributed by atoms with Crippen molar-refractivity contribution < 1.29 is 4.79 Å². The van der Waals surface area contributed by atoms with E-state index >= 15 is 0 Å². The lowest BCUT2D eigenvalue weighted by Crippen LogP contribution is -2.51. The highest BCUT2D eigenvalue weighted by Crippen LogP contribution is 2.30. The van der Waals surface area contributed by atoms with E-state index in [0.717, 1.165) is 24.3 Å². The van der Waals surface area contributed by atoms with Crippen LogP contribution >= 0.6 is 11.8 Å². The molecule has 4 rings (SSSR count). The second-order valence-corrected chi connectivity index (χ2v) is 8.00. The lowest BCUT2D eigenvalue weighted by atomic mass is 9.92. The maximum Gasteiger partial charge on any atom is 0.235 e. The van der Waals surface area contributed by atoms with Crippen molar-refractivity contribution in [3.05, 3.63) is 59.9 Å². The minimum Gasteiger partial charge on any atom is -0.340 e. The summed E-state index contributed by atoms with van der Waals surface area (Å²) in [5.74, 6) is 0.510. The number of tetrazole rings is 1. The molecule has 138 valence electrons. The summed E-state index contributed by atoms with van der Waals surface area (Å²) in [6.07, 6.45) is 3.59. The third-order valence-corrected chi connectivity index (χ3v) is 5.71. The number of aryl methyl sites for hydroxylation is 1. The smallest absolute Gasteiger partial charge is 0.235 e. The molecule has 27 heavy (non-hydrogen) atoms. The Hall–Kier alpha value is -2.74. The van der Waals surface area contributed by atoms with Gasteiger partial charge in [-0.2, -0.15) is 4.68 Å². The molecule has 2 aromatic heterocycles. The van der Waals surface area contributed by atoms with Gasteiger partial charge in [0.05, 0.1) is 10.9 Å². The SMILES string of the molecule is Cc1cccc(-n2nnnc2S[C@@H](C)C(=O)N2CC(c3ccncc3)C2)c1. The van der Waals surface area contributed by atoms with Crippen molar-refractivity contribution in [2.45, 2.75) is 30.2 Å². The third-order valence-electron chi connectivity index (χ3n) is 4.69. The predicted molar refractivity (Wildman–Crippen MR) is 103 cm³/mol. The van der Waals surface area contributed by atoms with Crippen LogP contribution in [0, 0.1) is 6.92 Å². The number of nitrogens with zero attached hydrogens (tertiary/aromatic N) is 6. The van der Waals surface area contributed by atoms with E-state index in [9.17, 15) is 4.79 Å². The molecule has 1 aromatic carbocycles. The number of benzene rings is 1. The lowest BCUT2D eigenvalue weighted by Gasteiger charge is -2.40. The average molecular weight is 380 g/mol. The molecular formula is C19H20N6OS. The van der Waals surface area contributed by atoms with Crippen molar-refractivity contribution in [1.82, 2.24) is 30.1 Å². The van der Waals surface area contributed by atoms with Crippen molar-refractivity contribution in [2.24, 2.45) is 0 Å². The number of carbonyl (C=O) groups excluding carboxylic acids is 1. The molecule has 7 nitrogen and oxygen atoms in total. The van der Waals surface area contributed by atoms with Gasteiger partial charge < -0.3 is 4.90 Å². The summed E-state index contributed by atoms with van der Waals surface area (Å²) in [7, 11) is 0. The summed E-state index contributed by atoms with van der Waals surface area (Å²) in [6, 6.07) is 12.0. The normalized spacial score (nSPS) is 15.4. The zero-order valence-corrected chi connectivity index (χ0v) is 16.0. The molecule has 0 N–H and O–H groups in total. The van der Waals surface area contributed by atoms with Crippen LogP contribution in [0.1, 0.15) is 24.0 Å². The van der Waals surface area contributed by atoms with E-state index in [2.05, 4.69) is 20.5 Å². The van der Waals surface area contributed by atoms with Gasteiger partial charge in [-0.05, 0) is 59.7 Å². The van der Waals surface area contributed by atoms with Crippen LogP contribution in [0.5, 0.6) is 0 Å². The zero-order chi connectivity index (χ0) is 18.8. The summed E-state index contributed by atoms with van der Waals surface area (Å²) >= 11 is 1.39. The molecule has 1 aliphatic heterocycles. The number of hydrogen-bond acceptors (Lipinski definition) is 6. The van der Waals surface area contributed by atoms with Crippen LogP contribution in [0.15, 0.2) is 53.9 Å². The van der Waals surface area contributed by atoms with Gasteiger partial charge in [-0.3, -0.25) is 9.78 Å². The molecule has 3 heterocycles. The number of likely N-dealkylation sites (tertiary alicyclic amines) is 1. The highest BCUT2D eigenvalue weighted by atomic mass is 32.2. The van der Waals surface area contributed by atoms with Gasteiger partial charge in [-0.25, -0.2) is 0 Å². The van der Waals surface area contributed by atoms with Crippen molar-refractivity contribution >= 4 is 17.7 Å². The Bertz CT molecular complexity index is 938. The molecule has 3 aromatic rings. The van der Waals surface area contributed by atoms with Crippen molar-refractivity contribution in [3.8, 4) is 5.69 Å². The third kappa shape index (κ3) is 3.71. The fourth-order valence-corrected chi connectivity index (χ4v) is 4.04. The van der Waals surface area contributed by atoms with E-state index in [1.165, 1.54) is 17.3 Å². The van der Waals surface area contributed by atoms with Crippen molar-refractivity contribution in [3.63, 3.8) is 0 Å². The Morgan fingerprint density at radius 2 is 2.00 bits per heavy atom. The fourth-order valence-electron chi connectivity index (χ4n) is 3.14. The maximum atomic E-state index is 12.7. The second-order valence-electron chi connectivity index (χ2n) is 6.69. The standard InChI is InChI=1S/C19H20N6OS/c1-13-4-3-5-17(10-13)25-19(21-22-23-25)27-14(2)18(26)24-11-16(12-24)15-6-8-20-9-7-15/h3-10,14,16H,11-12H2,1-2H3/t14-/m0/s1. The van der Waals surface area contributed by atoms with E-state index in [0.29, 0.717) is 11.1 Å². The van der Waals surface area contributed by atoms with Gasteiger partial charge in [0.2, 0.25) is 11.1 Å². The monoisotopic (exact) mass is 380 g/mol. The van der Waals surface area contributed by atoms with E-state index in [1.54, 1.807) is 17.1 Å². The molecule has 0 spiro atoms. The Labute approximate surface area is 161 Å². The number of amides is 1. The van der Waals surface area contributed by atoms with Crippen LogP contribution in [0.25, 0.3) is 5.69 Å². The summed E-state index contributed by atoms with van der Waals surface area (Å²) in [5.41, 5.74) is 3.26. The predicted octanol–water partition coefficient (Wildman–Crippen LogP) is 2.47. The molecule has 0 unspecified atom stereocenters. The van der Waals surface area contributed by atoms with Crippen molar-refractivity contribution in [2.75, 3.05) is 13.1 Å². The minimum atomic E-state index is -0.252. The van der Waals surface area contributed by atoms with Crippen LogP contribution < -0.4 is 0 Å². The summed E-state index contributed by atoms with van der Waals surface area (Å²) in [4.78, 5) is 18.7. The maximum absolute atomic E-state index is 12.7. The first-order valence-electron chi connectivity index (χ1n) is 8.82. The molecule has 0 saturated carbocycles. The molecule has 0 bridgehead atoms. The minimum absolute atomic E-state index is 0.115. The molecule has 1 saturated heterocycles. The van der Waals surface area contributed by atoms with Gasteiger partial charge in [-0.15, -0.1) is 5.10 Å². The van der Waals surface area contributed by atoms with Crippen molar-refractivity contribution in [1.29, 1.82) is 0 Å². The molecule has 0 radical (unpaired) electrons. The Balaban J connectivity index is 1.40. The number of thioether (sulfide) groups is 1. The van der Waals surface area contributed by atoms with Crippen LogP contribution in [-0.2, 0) is 4.79 Å². The summed E-state index contributed by atoms with van der Waals surface area (Å²) < 4.78 is 1.68. The first kappa shape index (κ1) is 17.7. The lowest BCUT2D eigenvalue weighted by molar-refractivity contribution is -0.134. The second kappa shape index (κ2) is 7.48. The van der Waals surface area contributed by atoms with Gasteiger partial charge in [-0.1, -0.05) is 23.9 Å². The summed E-state index contributed by atoms with van der Waals surface area (Å²) in [5, 5.41) is 12.3. The number of hydrogen-bond donors (Lipinski definition) is 0. The molecule has 1 atom stereocenters. The number of aromatic nitrogens is 5. The van der Waals surface area contributed by atoms with Gasteiger partial charge in [0, 0.05) is 31.4 Å². The van der Waals surface area contributed by atoms with Gasteiger partial charge >= 0.3 is 0 Å².